The lowest BCUT2D eigenvalue weighted by atomic mass is 10.2. The third kappa shape index (κ3) is 3.45. The van der Waals surface area contributed by atoms with E-state index in [9.17, 15) is 4.79 Å². The molecule has 7 heteroatoms. The Morgan fingerprint density at radius 2 is 2.12 bits per heavy atom. The van der Waals surface area contributed by atoms with E-state index >= 15 is 0 Å². The van der Waals surface area contributed by atoms with Gasteiger partial charge in [-0.05, 0) is 37.3 Å². The molecule has 4 rings (SSSR count). The molecule has 2 aromatic heterocycles. The first-order chi connectivity index (χ1) is 12.6. The summed E-state index contributed by atoms with van der Waals surface area (Å²) in [7, 11) is 0. The van der Waals surface area contributed by atoms with Crippen molar-refractivity contribution in [3.63, 3.8) is 0 Å². The van der Waals surface area contributed by atoms with E-state index in [1.165, 1.54) is 17.3 Å². The van der Waals surface area contributed by atoms with Crippen LogP contribution >= 0.6 is 27.7 Å². The number of anilines is 1. The Balaban J connectivity index is 1.55. The zero-order chi connectivity index (χ0) is 18.1. The highest BCUT2D eigenvalue weighted by atomic mass is 79.9. The number of nitrogens with zero attached hydrogens (tertiary/aromatic N) is 2. The molecule has 26 heavy (non-hydrogen) atoms. The van der Waals surface area contributed by atoms with Crippen molar-refractivity contribution in [1.82, 2.24) is 15.0 Å². The molecule has 130 valence electrons. The van der Waals surface area contributed by atoms with E-state index in [0.29, 0.717) is 0 Å². The monoisotopic (exact) mass is 426 g/mol. The van der Waals surface area contributed by atoms with Crippen LogP contribution in [0.2, 0.25) is 0 Å². The Labute approximate surface area is 162 Å². The first-order valence-corrected chi connectivity index (χ1v) is 9.79. The number of aromatic amines is 1. The fourth-order valence-electron chi connectivity index (χ4n) is 2.79. The Morgan fingerprint density at radius 1 is 1.23 bits per heavy atom. The topological polar surface area (TPSA) is 70.7 Å². The lowest BCUT2D eigenvalue weighted by Crippen LogP contribution is -2.14. The SMILES string of the molecule is Cc1ccc2[nH]c3c(SCC(=O)Nc4cccc(Br)c4)ncnc3c2c1. The molecule has 5 nitrogen and oxygen atoms in total. The lowest BCUT2D eigenvalue weighted by Gasteiger charge is -2.05. The molecule has 0 atom stereocenters. The van der Waals surface area contributed by atoms with Gasteiger partial charge in [0.25, 0.3) is 0 Å². The Bertz CT molecular complexity index is 1130. The summed E-state index contributed by atoms with van der Waals surface area (Å²) in [5, 5.41) is 4.74. The highest BCUT2D eigenvalue weighted by Crippen LogP contribution is 2.30. The molecule has 0 fully saturated rings. The van der Waals surface area contributed by atoms with Gasteiger partial charge in [0.05, 0.1) is 11.3 Å². The fourth-order valence-corrected chi connectivity index (χ4v) is 3.94. The van der Waals surface area contributed by atoms with Crippen LogP contribution < -0.4 is 5.32 Å². The van der Waals surface area contributed by atoms with E-state index in [1.807, 2.05) is 30.3 Å². The molecule has 0 aliphatic carbocycles. The van der Waals surface area contributed by atoms with Crippen LogP contribution in [0, 0.1) is 6.92 Å². The van der Waals surface area contributed by atoms with Gasteiger partial charge < -0.3 is 10.3 Å². The minimum absolute atomic E-state index is 0.0770. The number of aromatic nitrogens is 3. The van der Waals surface area contributed by atoms with Crippen molar-refractivity contribution < 1.29 is 4.79 Å². The largest absolute Gasteiger partial charge is 0.351 e. The van der Waals surface area contributed by atoms with Crippen LogP contribution in [0.5, 0.6) is 0 Å². The number of H-pyrrole nitrogens is 1. The molecule has 1 amide bonds. The van der Waals surface area contributed by atoms with Crippen LogP contribution in [0.25, 0.3) is 21.9 Å². The van der Waals surface area contributed by atoms with Crippen LogP contribution in [0.1, 0.15) is 5.56 Å². The summed E-state index contributed by atoms with van der Waals surface area (Å²) in [5.41, 5.74) is 4.71. The summed E-state index contributed by atoms with van der Waals surface area (Å²) in [6, 6.07) is 13.7. The highest BCUT2D eigenvalue weighted by Gasteiger charge is 2.13. The molecule has 2 N–H and O–H groups in total. The molecule has 2 heterocycles. The first-order valence-electron chi connectivity index (χ1n) is 8.01. The van der Waals surface area contributed by atoms with E-state index < -0.39 is 0 Å². The van der Waals surface area contributed by atoms with E-state index in [-0.39, 0.29) is 11.7 Å². The summed E-state index contributed by atoms with van der Waals surface area (Å²) in [6.07, 6.45) is 1.55. The molecule has 0 saturated heterocycles. The Morgan fingerprint density at radius 3 is 2.96 bits per heavy atom. The molecule has 0 aliphatic heterocycles. The number of nitrogens with one attached hydrogen (secondary N) is 2. The van der Waals surface area contributed by atoms with Crippen molar-refractivity contribution in [2.24, 2.45) is 0 Å². The molecule has 0 spiro atoms. The second-order valence-corrected chi connectivity index (χ2v) is 7.80. The number of hydrogen-bond acceptors (Lipinski definition) is 4. The van der Waals surface area contributed by atoms with Crippen LogP contribution in [-0.2, 0) is 4.79 Å². The van der Waals surface area contributed by atoms with E-state index in [0.717, 1.165) is 37.1 Å². The number of halogens is 1. The summed E-state index contributed by atoms with van der Waals surface area (Å²) in [6.45, 7) is 2.06. The van der Waals surface area contributed by atoms with Crippen molar-refractivity contribution in [2.75, 3.05) is 11.1 Å². The van der Waals surface area contributed by atoms with Crippen LogP contribution in [-0.4, -0.2) is 26.6 Å². The van der Waals surface area contributed by atoms with Crippen molar-refractivity contribution in [1.29, 1.82) is 0 Å². The van der Waals surface area contributed by atoms with Gasteiger partial charge in [0, 0.05) is 21.1 Å². The maximum Gasteiger partial charge on any atom is 0.234 e. The maximum absolute atomic E-state index is 12.2. The zero-order valence-electron chi connectivity index (χ0n) is 13.9. The normalized spacial score (nSPS) is 11.2. The minimum Gasteiger partial charge on any atom is -0.351 e. The molecule has 0 bridgehead atoms. The molecular formula is C19H15BrN4OS. The Kier molecular flexibility index (Phi) is 4.65. The molecule has 0 saturated carbocycles. The number of rotatable bonds is 4. The van der Waals surface area contributed by atoms with Crippen LogP contribution in [0.3, 0.4) is 0 Å². The third-order valence-electron chi connectivity index (χ3n) is 3.95. The van der Waals surface area contributed by atoms with E-state index in [2.05, 4.69) is 55.3 Å². The number of benzene rings is 2. The molecule has 0 aliphatic rings. The van der Waals surface area contributed by atoms with Gasteiger partial charge in [0.15, 0.2) is 0 Å². The number of thioether (sulfide) groups is 1. The van der Waals surface area contributed by atoms with Crippen molar-refractivity contribution in [3.8, 4) is 0 Å². The van der Waals surface area contributed by atoms with Gasteiger partial charge in [-0.3, -0.25) is 4.79 Å². The third-order valence-corrected chi connectivity index (χ3v) is 5.43. The number of aryl methyl sites for hydroxylation is 1. The van der Waals surface area contributed by atoms with Gasteiger partial charge in [-0.25, -0.2) is 9.97 Å². The molecular weight excluding hydrogens is 412 g/mol. The van der Waals surface area contributed by atoms with Crippen molar-refractivity contribution >= 4 is 61.2 Å². The maximum atomic E-state index is 12.2. The average Bonchev–Trinajstić information content (AvgIpc) is 2.98. The molecule has 0 radical (unpaired) electrons. The highest BCUT2D eigenvalue weighted by molar-refractivity contribution is 9.10. The lowest BCUT2D eigenvalue weighted by molar-refractivity contribution is -0.113. The van der Waals surface area contributed by atoms with Gasteiger partial charge in [-0.2, -0.15) is 0 Å². The predicted molar refractivity (Wildman–Crippen MR) is 110 cm³/mol. The smallest absolute Gasteiger partial charge is 0.234 e. The summed E-state index contributed by atoms with van der Waals surface area (Å²) in [5.74, 6) is 0.194. The second kappa shape index (κ2) is 7.09. The molecule has 0 unspecified atom stereocenters. The molecule has 2 aromatic carbocycles. The van der Waals surface area contributed by atoms with E-state index in [1.54, 1.807) is 6.33 Å². The van der Waals surface area contributed by atoms with Crippen molar-refractivity contribution in [2.45, 2.75) is 11.9 Å². The number of carbonyl (C=O) groups excluding carboxylic acids is 1. The number of hydrogen-bond donors (Lipinski definition) is 2. The predicted octanol–water partition coefficient (Wildman–Crippen LogP) is 4.91. The number of fused-ring (bicyclic) bond motifs is 3. The average molecular weight is 427 g/mol. The van der Waals surface area contributed by atoms with Gasteiger partial charge in [0.1, 0.15) is 16.9 Å². The van der Waals surface area contributed by atoms with Gasteiger partial charge >= 0.3 is 0 Å². The standard InChI is InChI=1S/C19H15BrN4OS/c1-11-5-6-15-14(7-11)17-18(24-15)19(22-10-21-17)26-9-16(25)23-13-4-2-3-12(20)8-13/h2-8,10,24H,9H2,1H3,(H,23,25). The summed E-state index contributed by atoms with van der Waals surface area (Å²) < 4.78 is 0.925. The van der Waals surface area contributed by atoms with Crippen molar-refractivity contribution in [3.05, 3.63) is 58.8 Å². The molecule has 4 aromatic rings. The number of amides is 1. The fraction of sp³-hybridized carbons (Fsp3) is 0.105. The van der Waals surface area contributed by atoms with E-state index in [4.69, 9.17) is 0 Å². The second-order valence-electron chi connectivity index (χ2n) is 5.92. The number of carbonyl (C=O) groups is 1. The zero-order valence-corrected chi connectivity index (χ0v) is 16.3. The van der Waals surface area contributed by atoms with Gasteiger partial charge in [0.2, 0.25) is 5.91 Å². The van der Waals surface area contributed by atoms with Gasteiger partial charge in [-0.15, -0.1) is 0 Å². The summed E-state index contributed by atoms with van der Waals surface area (Å²) >= 11 is 4.79. The first kappa shape index (κ1) is 17.1. The summed E-state index contributed by atoms with van der Waals surface area (Å²) in [4.78, 5) is 24.4. The quantitative estimate of drug-likeness (QED) is 0.359. The Hall–Kier alpha value is -2.38. The minimum atomic E-state index is -0.0770. The van der Waals surface area contributed by atoms with Gasteiger partial charge in [-0.1, -0.05) is 45.4 Å². The van der Waals surface area contributed by atoms with Crippen LogP contribution in [0.4, 0.5) is 5.69 Å². The van der Waals surface area contributed by atoms with Crippen LogP contribution in [0.15, 0.2) is 58.3 Å².